The van der Waals surface area contributed by atoms with Gasteiger partial charge in [0.25, 0.3) is 0 Å². The van der Waals surface area contributed by atoms with E-state index in [4.69, 9.17) is 15.2 Å². The highest BCUT2D eigenvalue weighted by Crippen LogP contribution is 2.33. The largest absolute Gasteiger partial charge is 0.496 e. The van der Waals surface area contributed by atoms with Crippen molar-refractivity contribution in [1.82, 2.24) is 4.57 Å². The smallest absolute Gasteiger partial charge is 0.143 e. The second kappa shape index (κ2) is 5.10. The minimum absolute atomic E-state index is 0.686. The molecular formula is C13H18N2O2. The van der Waals surface area contributed by atoms with Gasteiger partial charge in [-0.05, 0) is 31.2 Å². The summed E-state index contributed by atoms with van der Waals surface area (Å²) in [5, 5.41) is 1.07. The van der Waals surface area contributed by atoms with Crippen molar-refractivity contribution in [2.75, 3.05) is 20.8 Å². The number of aromatic nitrogens is 1. The minimum Gasteiger partial charge on any atom is -0.496 e. The van der Waals surface area contributed by atoms with E-state index in [-0.39, 0.29) is 0 Å². The molecule has 1 aromatic carbocycles. The van der Waals surface area contributed by atoms with Gasteiger partial charge in [-0.15, -0.1) is 0 Å². The monoisotopic (exact) mass is 234 g/mol. The molecule has 0 saturated carbocycles. The molecule has 0 atom stereocenters. The molecule has 0 saturated heterocycles. The number of rotatable bonds is 5. The second-order valence-electron chi connectivity index (χ2n) is 3.88. The van der Waals surface area contributed by atoms with Crippen molar-refractivity contribution < 1.29 is 9.47 Å². The number of aryl methyl sites for hydroxylation is 1. The Bertz CT molecular complexity index is 505. The van der Waals surface area contributed by atoms with Crippen LogP contribution in [0, 0.1) is 0 Å². The summed E-state index contributed by atoms with van der Waals surface area (Å²) in [6, 6.07) is 5.90. The lowest BCUT2D eigenvalue weighted by atomic mass is 10.2. The first-order valence-electron chi connectivity index (χ1n) is 5.71. The number of hydrogen-bond acceptors (Lipinski definition) is 3. The van der Waals surface area contributed by atoms with Crippen molar-refractivity contribution in [2.45, 2.75) is 13.0 Å². The lowest BCUT2D eigenvalue weighted by molar-refractivity contribution is 0.408. The van der Waals surface area contributed by atoms with Gasteiger partial charge in [-0.25, -0.2) is 0 Å². The molecule has 0 fully saturated rings. The van der Waals surface area contributed by atoms with Gasteiger partial charge in [0, 0.05) is 18.1 Å². The van der Waals surface area contributed by atoms with Crippen LogP contribution < -0.4 is 15.2 Å². The van der Waals surface area contributed by atoms with Crippen molar-refractivity contribution >= 4 is 10.9 Å². The molecule has 0 aliphatic rings. The lowest BCUT2D eigenvalue weighted by Crippen LogP contribution is -2.05. The zero-order valence-electron chi connectivity index (χ0n) is 10.3. The fraction of sp³-hybridized carbons (Fsp3) is 0.385. The molecule has 0 amide bonds. The van der Waals surface area contributed by atoms with Gasteiger partial charge in [-0.3, -0.25) is 0 Å². The van der Waals surface area contributed by atoms with Crippen molar-refractivity contribution in [3.8, 4) is 11.5 Å². The molecule has 0 bridgehead atoms. The van der Waals surface area contributed by atoms with E-state index >= 15 is 0 Å². The molecule has 2 rings (SSSR count). The Hall–Kier alpha value is -1.68. The molecule has 1 aromatic heterocycles. The lowest BCUT2D eigenvalue weighted by Gasteiger charge is -2.10. The average molecular weight is 234 g/mol. The Labute approximate surface area is 101 Å². The van der Waals surface area contributed by atoms with Crippen LogP contribution in [0.25, 0.3) is 10.9 Å². The van der Waals surface area contributed by atoms with Crippen LogP contribution in [0.4, 0.5) is 0 Å². The van der Waals surface area contributed by atoms with Crippen LogP contribution >= 0.6 is 0 Å². The first kappa shape index (κ1) is 11.8. The summed E-state index contributed by atoms with van der Waals surface area (Å²) >= 11 is 0. The van der Waals surface area contributed by atoms with E-state index in [1.165, 1.54) is 0 Å². The summed E-state index contributed by atoms with van der Waals surface area (Å²) in [5.74, 6) is 1.73. The molecule has 4 heteroatoms. The van der Waals surface area contributed by atoms with Crippen LogP contribution in [0.5, 0.6) is 11.5 Å². The van der Waals surface area contributed by atoms with Gasteiger partial charge in [0.2, 0.25) is 0 Å². The first-order valence-corrected chi connectivity index (χ1v) is 5.71. The number of fused-ring (bicyclic) bond motifs is 1. The highest BCUT2D eigenvalue weighted by Gasteiger charge is 2.11. The maximum Gasteiger partial charge on any atom is 0.143 e. The molecule has 17 heavy (non-hydrogen) atoms. The Balaban J connectivity index is 2.54. The Morgan fingerprint density at radius 3 is 2.47 bits per heavy atom. The third-order valence-electron chi connectivity index (χ3n) is 2.89. The molecule has 92 valence electrons. The molecule has 1 heterocycles. The van der Waals surface area contributed by atoms with E-state index in [1.54, 1.807) is 14.2 Å². The maximum atomic E-state index is 5.55. The third kappa shape index (κ3) is 2.08. The Morgan fingerprint density at radius 2 is 1.82 bits per heavy atom. The number of benzene rings is 1. The molecule has 2 aromatic rings. The summed E-state index contributed by atoms with van der Waals surface area (Å²) in [6.45, 7) is 1.58. The van der Waals surface area contributed by atoms with E-state index in [0.29, 0.717) is 6.54 Å². The maximum absolute atomic E-state index is 5.55. The summed E-state index contributed by atoms with van der Waals surface area (Å²) in [6.07, 6.45) is 3.00. The van der Waals surface area contributed by atoms with E-state index in [2.05, 4.69) is 4.57 Å². The highest BCUT2D eigenvalue weighted by atomic mass is 16.5. The molecule has 0 spiro atoms. The molecule has 0 aliphatic carbocycles. The van der Waals surface area contributed by atoms with Gasteiger partial charge in [0.15, 0.2) is 0 Å². The fourth-order valence-electron chi connectivity index (χ4n) is 2.06. The Morgan fingerprint density at radius 1 is 1.12 bits per heavy atom. The molecule has 2 N–H and O–H groups in total. The zero-order valence-corrected chi connectivity index (χ0v) is 10.3. The minimum atomic E-state index is 0.686. The van der Waals surface area contributed by atoms with Gasteiger partial charge in [-0.2, -0.15) is 0 Å². The summed E-state index contributed by atoms with van der Waals surface area (Å²) in [4.78, 5) is 0. The summed E-state index contributed by atoms with van der Waals surface area (Å²) < 4.78 is 12.9. The number of nitrogens with zero attached hydrogens (tertiary/aromatic N) is 1. The van der Waals surface area contributed by atoms with Crippen LogP contribution in [-0.4, -0.2) is 25.3 Å². The molecule has 4 nitrogen and oxygen atoms in total. The first-order chi connectivity index (χ1) is 8.31. The number of nitrogens with two attached hydrogens (primary N) is 1. The van der Waals surface area contributed by atoms with Crippen molar-refractivity contribution in [3.63, 3.8) is 0 Å². The molecular weight excluding hydrogens is 216 g/mol. The van der Waals surface area contributed by atoms with E-state index in [0.717, 1.165) is 35.4 Å². The van der Waals surface area contributed by atoms with Crippen LogP contribution in [0.2, 0.25) is 0 Å². The zero-order chi connectivity index (χ0) is 12.3. The summed E-state index contributed by atoms with van der Waals surface area (Å²) in [7, 11) is 3.36. The molecule has 0 aliphatic heterocycles. The SMILES string of the molecule is COc1ccc(OC)c2c1ccn2CCCN. The third-order valence-corrected chi connectivity index (χ3v) is 2.89. The Kier molecular flexibility index (Phi) is 3.54. The highest BCUT2D eigenvalue weighted by molar-refractivity contribution is 5.91. The van der Waals surface area contributed by atoms with Crippen molar-refractivity contribution in [3.05, 3.63) is 24.4 Å². The molecule has 0 radical (unpaired) electrons. The molecule has 0 unspecified atom stereocenters. The summed E-state index contributed by atoms with van der Waals surface area (Å²) in [5.41, 5.74) is 6.62. The van der Waals surface area contributed by atoms with E-state index in [1.807, 2.05) is 24.4 Å². The van der Waals surface area contributed by atoms with Gasteiger partial charge in [0.05, 0.1) is 19.7 Å². The normalized spacial score (nSPS) is 10.8. The van der Waals surface area contributed by atoms with Crippen LogP contribution in [-0.2, 0) is 6.54 Å². The van der Waals surface area contributed by atoms with E-state index in [9.17, 15) is 0 Å². The fourth-order valence-corrected chi connectivity index (χ4v) is 2.06. The number of methoxy groups -OCH3 is 2. The standard InChI is InChI=1S/C13H18N2O2/c1-16-11-4-5-12(17-2)13-10(11)6-9-15(13)8-3-7-14/h4-6,9H,3,7-8,14H2,1-2H3. The van der Waals surface area contributed by atoms with Gasteiger partial charge in [0.1, 0.15) is 11.5 Å². The van der Waals surface area contributed by atoms with Crippen molar-refractivity contribution in [2.24, 2.45) is 5.73 Å². The van der Waals surface area contributed by atoms with Gasteiger partial charge >= 0.3 is 0 Å². The predicted octanol–water partition coefficient (Wildman–Crippen LogP) is 2.01. The van der Waals surface area contributed by atoms with Crippen LogP contribution in [0.1, 0.15) is 6.42 Å². The van der Waals surface area contributed by atoms with Crippen molar-refractivity contribution in [1.29, 1.82) is 0 Å². The quantitative estimate of drug-likeness (QED) is 0.861. The average Bonchev–Trinajstić information content (AvgIpc) is 2.79. The number of hydrogen-bond donors (Lipinski definition) is 1. The van der Waals surface area contributed by atoms with Gasteiger partial charge < -0.3 is 19.8 Å². The second-order valence-corrected chi connectivity index (χ2v) is 3.88. The van der Waals surface area contributed by atoms with Crippen LogP contribution in [0.3, 0.4) is 0 Å². The topological polar surface area (TPSA) is 49.4 Å². The predicted molar refractivity (Wildman–Crippen MR) is 68.7 cm³/mol. The van der Waals surface area contributed by atoms with Crippen LogP contribution in [0.15, 0.2) is 24.4 Å². The van der Waals surface area contributed by atoms with Gasteiger partial charge in [-0.1, -0.05) is 0 Å². The number of ether oxygens (including phenoxy) is 2. The van der Waals surface area contributed by atoms with E-state index < -0.39 is 0 Å².